The van der Waals surface area contributed by atoms with Crippen LogP contribution in [0.4, 0.5) is 4.79 Å². The van der Waals surface area contributed by atoms with E-state index in [0.717, 1.165) is 35.6 Å². The Labute approximate surface area is 213 Å². The van der Waals surface area contributed by atoms with Crippen LogP contribution in [0.2, 0.25) is 0 Å². The highest BCUT2D eigenvalue weighted by Gasteiger charge is 2.26. The first-order valence-electron chi connectivity index (χ1n) is 12.3. The lowest BCUT2D eigenvalue weighted by Gasteiger charge is -2.14. The zero-order valence-electron chi connectivity index (χ0n) is 20.3. The zero-order chi connectivity index (χ0) is 26.1. The summed E-state index contributed by atoms with van der Waals surface area (Å²) < 4.78 is 1.85. The molecule has 0 radical (unpaired) electrons. The van der Waals surface area contributed by atoms with Gasteiger partial charge in [-0.2, -0.15) is 0 Å². The van der Waals surface area contributed by atoms with Crippen LogP contribution in [0.3, 0.4) is 0 Å². The summed E-state index contributed by atoms with van der Waals surface area (Å²) in [7, 11) is 0. The minimum Gasteiger partial charge on any atom is -0.450 e. The summed E-state index contributed by atoms with van der Waals surface area (Å²) in [5.41, 5.74) is 6.30. The van der Waals surface area contributed by atoms with Crippen molar-refractivity contribution in [3.05, 3.63) is 93.9 Å². The van der Waals surface area contributed by atoms with Crippen LogP contribution in [-0.4, -0.2) is 37.9 Å². The Morgan fingerprint density at radius 1 is 0.973 bits per heavy atom. The highest BCUT2D eigenvalue weighted by molar-refractivity contribution is 5.97. The molecule has 2 aromatic heterocycles. The van der Waals surface area contributed by atoms with Crippen LogP contribution >= 0.6 is 0 Å². The summed E-state index contributed by atoms with van der Waals surface area (Å²) in [5.74, 6) is 0.411. The number of nitrogens with one attached hydrogen (secondary N) is 1. The van der Waals surface area contributed by atoms with E-state index in [1.165, 1.54) is 24.0 Å². The van der Waals surface area contributed by atoms with Crippen molar-refractivity contribution < 1.29 is 19.8 Å². The summed E-state index contributed by atoms with van der Waals surface area (Å²) in [6.45, 7) is 2.19. The standard InChI is InChI=1S/C28H25N3O2.CH2O3/c1-17-14-20(9-12-23(17)18-7-8-18)19-4-2-5-22(15-19)31-16-25(28(33)30-21-10-11-21)26(32)24-6-3-13-29-27(24)31;2-1(3)4/h2-6,9,12-16,18,21H,7-8,10-11H2,1H3,(H,30,33);(H2,2,3,4). The van der Waals surface area contributed by atoms with Crippen molar-refractivity contribution in [1.82, 2.24) is 14.9 Å². The number of carbonyl (C=O) groups excluding carboxylic acids is 1. The van der Waals surface area contributed by atoms with Gasteiger partial charge in [0.1, 0.15) is 11.2 Å². The molecule has 3 N–H and O–H groups in total. The van der Waals surface area contributed by atoms with Crippen LogP contribution in [0.1, 0.15) is 53.1 Å². The number of benzene rings is 2. The van der Waals surface area contributed by atoms with Crippen LogP contribution in [0, 0.1) is 6.92 Å². The highest BCUT2D eigenvalue weighted by atomic mass is 16.6. The van der Waals surface area contributed by atoms with Crippen LogP contribution in [0.15, 0.2) is 71.8 Å². The molecule has 0 unspecified atom stereocenters. The van der Waals surface area contributed by atoms with Gasteiger partial charge in [-0.15, -0.1) is 0 Å². The van der Waals surface area contributed by atoms with Crippen molar-refractivity contribution in [3.8, 4) is 16.8 Å². The van der Waals surface area contributed by atoms with E-state index >= 15 is 0 Å². The second kappa shape index (κ2) is 9.89. The maximum atomic E-state index is 13.1. The van der Waals surface area contributed by atoms with Gasteiger partial charge in [-0.3, -0.25) is 9.59 Å². The Morgan fingerprint density at radius 3 is 2.38 bits per heavy atom. The zero-order valence-corrected chi connectivity index (χ0v) is 20.3. The Morgan fingerprint density at radius 2 is 1.70 bits per heavy atom. The molecular formula is C29H27N3O5. The first-order chi connectivity index (χ1) is 17.8. The van der Waals surface area contributed by atoms with Gasteiger partial charge >= 0.3 is 6.16 Å². The summed E-state index contributed by atoms with van der Waals surface area (Å²) in [5, 5.41) is 17.3. The van der Waals surface area contributed by atoms with E-state index in [9.17, 15) is 9.59 Å². The largest absolute Gasteiger partial charge is 0.503 e. The van der Waals surface area contributed by atoms with Crippen molar-refractivity contribution in [2.75, 3.05) is 0 Å². The van der Waals surface area contributed by atoms with Gasteiger partial charge in [0.15, 0.2) is 0 Å². The molecule has 2 aromatic carbocycles. The number of rotatable bonds is 5. The van der Waals surface area contributed by atoms with Gasteiger partial charge in [-0.1, -0.05) is 30.3 Å². The molecule has 0 bridgehead atoms. The van der Waals surface area contributed by atoms with Gasteiger partial charge < -0.3 is 20.1 Å². The molecule has 37 heavy (non-hydrogen) atoms. The average molecular weight is 498 g/mol. The molecule has 0 saturated heterocycles. The molecule has 0 aliphatic heterocycles. The van der Waals surface area contributed by atoms with Crippen LogP contribution < -0.4 is 10.7 Å². The van der Waals surface area contributed by atoms with E-state index in [2.05, 4.69) is 47.6 Å². The lowest BCUT2D eigenvalue weighted by atomic mass is 9.97. The van der Waals surface area contributed by atoms with Gasteiger partial charge in [0, 0.05) is 24.1 Å². The number of pyridine rings is 2. The fourth-order valence-corrected chi connectivity index (χ4v) is 4.55. The Kier molecular flexibility index (Phi) is 6.48. The average Bonchev–Trinajstić information content (AvgIpc) is 3.80. The molecule has 2 aliphatic rings. The number of fused-ring (bicyclic) bond motifs is 1. The molecule has 2 heterocycles. The minimum absolute atomic E-state index is 0.150. The van der Waals surface area contributed by atoms with Gasteiger partial charge in [-0.05, 0) is 85.0 Å². The molecular weight excluding hydrogens is 470 g/mol. The molecule has 8 nitrogen and oxygen atoms in total. The molecule has 0 atom stereocenters. The molecule has 0 spiro atoms. The van der Waals surface area contributed by atoms with Crippen LogP contribution in [0.25, 0.3) is 27.8 Å². The van der Waals surface area contributed by atoms with E-state index in [0.29, 0.717) is 11.0 Å². The number of aromatic nitrogens is 2. The van der Waals surface area contributed by atoms with Crippen molar-refractivity contribution >= 4 is 23.1 Å². The maximum Gasteiger partial charge on any atom is 0.503 e. The van der Waals surface area contributed by atoms with E-state index in [-0.39, 0.29) is 22.9 Å². The topological polar surface area (TPSA) is 122 Å². The number of nitrogens with zero attached hydrogens (tertiary/aromatic N) is 2. The second-order valence-electron chi connectivity index (χ2n) is 9.54. The third-order valence-electron chi connectivity index (χ3n) is 6.66. The van der Waals surface area contributed by atoms with Gasteiger partial charge in [0.2, 0.25) is 5.43 Å². The smallest absolute Gasteiger partial charge is 0.450 e. The van der Waals surface area contributed by atoms with Crippen molar-refractivity contribution in [1.29, 1.82) is 0 Å². The monoisotopic (exact) mass is 497 g/mol. The molecule has 4 aromatic rings. The predicted molar refractivity (Wildman–Crippen MR) is 141 cm³/mol. The first kappa shape index (κ1) is 24.2. The van der Waals surface area contributed by atoms with E-state index in [1.807, 2.05) is 16.7 Å². The Hall–Kier alpha value is -4.46. The minimum atomic E-state index is -1.83. The third kappa shape index (κ3) is 5.38. The van der Waals surface area contributed by atoms with Crippen LogP contribution in [0.5, 0.6) is 0 Å². The van der Waals surface area contributed by atoms with Crippen molar-refractivity contribution in [3.63, 3.8) is 0 Å². The van der Waals surface area contributed by atoms with Crippen LogP contribution in [-0.2, 0) is 0 Å². The Bertz CT molecular complexity index is 1560. The Balaban J connectivity index is 0.000000655. The molecule has 188 valence electrons. The van der Waals surface area contributed by atoms with Crippen molar-refractivity contribution in [2.45, 2.75) is 44.6 Å². The fourth-order valence-electron chi connectivity index (χ4n) is 4.55. The van der Waals surface area contributed by atoms with Gasteiger partial charge in [0.05, 0.1) is 5.39 Å². The molecule has 1 amide bonds. The quantitative estimate of drug-likeness (QED) is 0.342. The first-order valence-corrected chi connectivity index (χ1v) is 12.3. The normalized spacial score (nSPS) is 14.5. The lowest BCUT2D eigenvalue weighted by molar-refractivity contribution is 0.0949. The molecule has 2 fully saturated rings. The molecule has 2 saturated carbocycles. The summed E-state index contributed by atoms with van der Waals surface area (Å²) in [6, 6.07) is 18.5. The number of aryl methyl sites for hydroxylation is 1. The highest BCUT2D eigenvalue weighted by Crippen LogP contribution is 2.42. The summed E-state index contributed by atoms with van der Waals surface area (Å²) >= 11 is 0. The third-order valence-corrected chi connectivity index (χ3v) is 6.66. The van der Waals surface area contributed by atoms with Crippen molar-refractivity contribution in [2.24, 2.45) is 0 Å². The number of carbonyl (C=O) groups is 2. The fraction of sp³-hybridized carbons (Fsp3) is 0.241. The number of hydrogen-bond acceptors (Lipinski definition) is 4. The van der Waals surface area contributed by atoms with E-state index in [4.69, 9.17) is 15.0 Å². The van der Waals surface area contributed by atoms with E-state index < -0.39 is 6.16 Å². The lowest BCUT2D eigenvalue weighted by Crippen LogP contribution is -2.31. The maximum absolute atomic E-state index is 13.1. The number of carboxylic acid groups (broad SMARTS) is 2. The number of hydrogen-bond donors (Lipinski definition) is 3. The second-order valence-corrected chi connectivity index (χ2v) is 9.54. The van der Waals surface area contributed by atoms with E-state index in [1.54, 1.807) is 24.5 Å². The predicted octanol–water partition coefficient (Wildman–Crippen LogP) is 5.35. The molecule has 6 rings (SSSR count). The number of amides is 1. The summed E-state index contributed by atoms with van der Waals surface area (Å²) in [4.78, 5) is 38.9. The van der Waals surface area contributed by atoms with Gasteiger partial charge in [-0.25, -0.2) is 9.78 Å². The van der Waals surface area contributed by atoms with Gasteiger partial charge in [0.25, 0.3) is 5.91 Å². The molecule has 2 aliphatic carbocycles. The summed E-state index contributed by atoms with van der Waals surface area (Å²) in [6.07, 6.45) is 5.99. The molecule has 8 heteroatoms. The SMILES string of the molecule is Cc1cc(-c2cccc(-n3cc(C(=O)NC4CC4)c(=O)c4cccnc43)c2)ccc1C1CC1.O=C(O)O.